The van der Waals surface area contributed by atoms with Crippen LogP contribution in [0.25, 0.3) is 5.69 Å². The molecule has 0 amide bonds. The van der Waals surface area contributed by atoms with Crippen molar-refractivity contribution in [3.8, 4) is 5.69 Å². The van der Waals surface area contributed by atoms with E-state index in [0.29, 0.717) is 26.8 Å². The van der Waals surface area contributed by atoms with E-state index in [4.69, 9.17) is 23.2 Å². The van der Waals surface area contributed by atoms with Gasteiger partial charge in [0.25, 0.3) is 0 Å². The minimum atomic E-state index is -3.82. The number of aryl methyl sites for hydroxylation is 2. The minimum absolute atomic E-state index is 0.118. The molecule has 0 aliphatic rings. The van der Waals surface area contributed by atoms with Gasteiger partial charge >= 0.3 is 0 Å². The number of halogens is 2. The van der Waals surface area contributed by atoms with Crippen LogP contribution >= 0.6 is 35.0 Å². The molecule has 1 unspecified atom stereocenters. The van der Waals surface area contributed by atoms with E-state index in [1.54, 1.807) is 19.1 Å². The van der Waals surface area contributed by atoms with Crippen molar-refractivity contribution in [3.63, 3.8) is 0 Å². The standard InChI is InChI=1S/C25H24Cl2N4O2S2/c1-16-6-4-5-7-19(16)15-34-25-29-28-24(31(25)23-14-21(27)9-8-17(23)2)18(3)30-35(32,33)22-12-10-20(26)11-13-22/h4-14,18,30H,15H2,1-3H3. The first-order valence-corrected chi connectivity index (χ1v) is 14.1. The van der Waals surface area contributed by atoms with Gasteiger partial charge < -0.3 is 0 Å². The SMILES string of the molecule is Cc1ccccc1CSc1nnc(C(C)NS(=O)(=O)c2ccc(Cl)cc2)n1-c1cc(Cl)ccc1C. The van der Waals surface area contributed by atoms with E-state index in [1.165, 1.54) is 35.0 Å². The molecule has 0 saturated carbocycles. The zero-order valence-corrected chi connectivity index (χ0v) is 22.5. The van der Waals surface area contributed by atoms with Crippen molar-refractivity contribution in [3.05, 3.63) is 99.3 Å². The Morgan fingerprint density at radius 1 is 0.943 bits per heavy atom. The van der Waals surface area contributed by atoms with Gasteiger partial charge in [-0.05, 0) is 73.9 Å². The molecule has 4 aromatic rings. The van der Waals surface area contributed by atoms with Crippen LogP contribution in [0.15, 0.2) is 76.8 Å². The van der Waals surface area contributed by atoms with Gasteiger partial charge in [0.2, 0.25) is 10.0 Å². The average molecular weight is 548 g/mol. The number of hydrogen-bond acceptors (Lipinski definition) is 5. The molecule has 0 spiro atoms. The predicted octanol–water partition coefficient (Wildman–Crippen LogP) is 6.52. The van der Waals surface area contributed by atoms with Crippen molar-refractivity contribution in [1.29, 1.82) is 0 Å². The monoisotopic (exact) mass is 546 g/mol. The summed E-state index contributed by atoms with van der Waals surface area (Å²) in [6, 6.07) is 19.1. The smallest absolute Gasteiger partial charge is 0.241 e. The van der Waals surface area contributed by atoms with Crippen molar-refractivity contribution in [2.24, 2.45) is 0 Å². The third kappa shape index (κ3) is 5.90. The zero-order valence-electron chi connectivity index (χ0n) is 19.4. The van der Waals surface area contributed by atoms with Gasteiger partial charge in [-0.15, -0.1) is 10.2 Å². The Kier molecular flexibility index (Phi) is 7.88. The highest BCUT2D eigenvalue weighted by Crippen LogP contribution is 2.31. The van der Waals surface area contributed by atoms with Crippen molar-refractivity contribution in [2.45, 2.75) is 42.6 Å². The summed E-state index contributed by atoms with van der Waals surface area (Å²) in [6.45, 7) is 5.78. The zero-order chi connectivity index (χ0) is 25.2. The van der Waals surface area contributed by atoms with Crippen molar-refractivity contribution in [1.82, 2.24) is 19.5 Å². The fourth-order valence-corrected chi connectivity index (χ4v) is 6.11. The Labute approximate surface area is 219 Å². The normalized spacial score (nSPS) is 12.6. The second-order valence-corrected chi connectivity index (χ2v) is 11.6. The molecule has 0 fully saturated rings. The number of nitrogens with one attached hydrogen (secondary N) is 1. The van der Waals surface area contributed by atoms with Gasteiger partial charge in [0.15, 0.2) is 11.0 Å². The van der Waals surface area contributed by atoms with Gasteiger partial charge in [-0.3, -0.25) is 4.57 Å². The molecule has 0 radical (unpaired) electrons. The summed E-state index contributed by atoms with van der Waals surface area (Å²) in [4.78, 5) is 0.118. The van der Waals surface area contributed by atoms with E-state index in [2.05, 4.69) is 34.0 Å². The number of thioether (sulfide) groups is 1. The largest absolute Gasteiger partial charge is 0.272 e. The van der Waals surface area contributed by atoms with E-state index in [-0.39, 0.29) is 4.90 Å². The highest BCUT2D eigenvalue weighted by Gasteiger charge is 2.25. The lowest BCUT2D eigenvalue weighted by Crippen LogP contribution is -2.29. The molecule has 3 aromatic carbocycles. The van der Waals surface area contributed by atoms with Crippen molar-refractivity contribution in [2.75, 3.05) is 0 Å². The van der Waals surface area contributed by atoms with Crippen LogP contribution in [0, 0.1) is 13.8 Å². The van der Waals surface area contributed by atoms with Crippen molar-refractivity contribution < 1.29 is 8.42 Å². The minimum Gasteiger partial charge on any atom is -0.272 e. The maximum Gasteiger partial charge on any atom is 0.241 e. The van der Waals surface area contributed by atoms with Crippen LogP contribution in [0.3, 0.4) is 0 Å². The first-order valence-electron chi connectivity index (χ1n) is 10.8. The molecule has 0 aliphatic heterocycles. The Morgan fingerprint density at radius 2 is 1.63 bits per heavy atom. The van der Waals surface area contributed by atoms with Gasteiger partial charge in [0, 0.05) is 15.8 Å². The summed E-state index contributed by atoms with van der Waals surface area (Å²) in [6.07, 6.45) is 0. The number of aromatic nitrogens is 3. The molecule has 35 heavy (non-hydrogen) atoms. The Morgan fingerprint density at radius 3 is 2.34 bits per heavy atom. The summed E-state index contributed by atoms with van der Waals surface area (Å²) in [5.41, 5.74) is 4.13. The topological polar surface area (TPSA) is 76.9 Å². The molecule has 0 aliphatic carbocycles. The van der Waals surface area contributed by atoms with E-state index >= 15 is 0 Å². The van der Waals surface area contributed by atoms with Crippen LogP contribution in [0.5, 0.6) is 0 Å². The summed E-state index contributed by atoms with van der Waals surface area (Å²) in [5, 5.41) is 10.5. The average Bonchev–Trinajstić information content (AvgIpc) is 3.24. The summed E-state index contributed by atoms with van der Waals surface area (Å²) in [5.74, 6) is 1.15. The van der Waals surface area contributed by atoms with Gasteiger partial charge in [0.1, 0.15) is 0 Å². The highest BCUT2D eigenvalue weighted by molar-refractivity contribution is 7.98. The summed E-state index contributed by atoms with van der Waals surface area (Å²) >= 11 is 13.8. The van der Waals surface area contributed by atoms with Crippen LogP contribution in [0.2, 0.25) is 10.0 Å². The number of sulfonamides is 1. The van der Waals surface area contributed by atoms with Crippen LogP contribution in [-0.2, 0) is 15.8 Å². The lowest BCUT2D eigenvalue weighted by atomic mass is 10.1. The molecule has 0 bridgehead atoms. The molecule has 6 nitrogen and oxygen atoms in total. The molecule has 1 aromatic heterocycles. The molecule has 10 heteroatoms. The highest BCUT2D eigenvalue weighted by atomic mass is 35.5. The Bertz CT molecular complexity index is 1450. The van der Waals surface area contributed by atoms with Crippen LogP contribution in [0.4, 0.5) is 0 Å². The third-order valence-corrected chi connectivity index (χ3v) is 8.55. The molecular formula is C25H24Cl2N4O2S2. The van der Waals surface area contributed by atoms with Crippen LogP contribution in [-0.4, -0.2) is 23.2 Å². The molecular weight excluding hydrogens is 523 g/mol. The Balaban J connectivity index is 1.71. The predicted molar refractivity (Wildman–Crippen MR) is 142 cm³/mol. The quantitative estimate of drug-likeness (QED) is 0.254. The molecule has 182 valence electrons. The second kappa shape index (κ2) is 10.7. The van der Waals surface area contributed by atoms with Crippen LogP contribution in [0.1, 0.15) is 35.5 Å². The molecule has 1 heterocycles. The Hall–Kier alpha value is -2.36. The second-order valence-electron chi connectivity index (χ2n) is 8.12. The van der Waals surface area contributed by atoms with E-state index < -0.39 is 16.1 Å². The summed E-state index contributed by atoms with van der Waals surface area (Å²) in [7, 11) is -3.82. The number of nitrogens with zero attached hydrogens (tertiary/aromatic N) is 3. The third-order valence-electron chi connectivity index (χ3n) is 5.53. The van der Waals surface area contributed by atoms with Gasteiger partial charge in [-0.1, -0.05) is 65.3 Å². The molecule has 1 N–H and O–H groups in total. The van der Waals surface area contributed by atoms with Gasteiger partial charge in [0.05, 0.1) is 16.6 Å². The maximum atomic E-state index is 13.0. The molecule has 1 atom stereocenters. The number of hydrogen-bond donors (Lipinski definition) is 1. The fraction of sp³-hybridized carbons (Fsp3) is 0.200. The molecule has 0 saturated heterocycles. The lowest BCUT2D eigenvalue weighted by molar-refractivity contribution is 0.556. The fourth-order valence-electron chi connectivity index (χ4n) is 3.59. The van der Waals surface area contributed by atoms with Crippen molar-refractivity contribution >= 4 is 45.0 Å². The van der Waals surface area contributed by atoms with E-state index in [1.807, 2.05) is 41.8 Å². The van der Waals surface area contributed by atoms with E-state index in [9.17, 15) is 8.42 Å². The van der Waals surface area contributed by atoms with E-state index in [0.717, 1.165) is 11.3 Å². The summed E-state index contributed by atoms with van der Waals surface area (Å²) < 4.78 is 30.6. The lowest BCUT2D eigenvalue weighted by Gasteiger charge is -2.18. The van der Waals surface area contributed by atoms with Gasteiger partial charge in [-0.2, -0.15) is 0 Å². The van der Waals surface area contributed by atoms with Gasteiger partial charge in [-0.25, -0.2) is 13.1 Å². The first kappa shape index (κ1) is 25.7. The maximum absolute atomic E-state index is 13.0. The first-order chi connectivity index (χ1) is 16.7. The number of rotatable bonds is 8. The molecule has 4 rings (SSSR count). The number of benzene rings is 3. The van der Waals surface area contributed by atoms with Crippen LogP contribution < -0.4 is 4.72 Å².